The highest BCUT2D eigenvalue weighted by atomic mass is 35.5. The largest absolute Gasteiger partial charge is 0.450 e. The molecule has 0 radical (unpaired) electrons. The zero-order valence-electron chi connectivity index (χ0n) is 13.3. The summed E-state index contributed by atoms with van der Waals surface area (Å²) in [5.41, 5.74) is 0.990. The first kappa shape index (κ1) is 17.5. The van der Waals surface area contributed by atoms with Crippen molar-refractivity contribution in [3.63, 3.8) is 0 Å². The van der Waals surface area contributed by atoms with Gasteiger partial charge in [0.15, 0.2) is 6.61 Å². The lowest BCUT2D eigenvalue weighted by molar-refractivity contribution is -0.123. The van der Waals surface area contributed by atoms with Crippen LogP contribution in [0.3, 0.4) is 0 Å². The predicted molar refractivity (Wildman–Crippen MR) is 95.1 cm³/mol. The third kappa shape index (κ3) is 4.40. The highest BCUT2D eigenvalue weighted by molar-refractivity contribution is 6.31. The number of carbonyl (C=O) groups excluding carboxylic acids is 3. The van der Waals surface area contributed by atoms with E-state index in [1.807, 2.05) is 0 Å². The van der Waals surface area contributed by atoms with Gasteiger partial charge in [-0.05, 0) is 36.4 Å². The molecule has 0 unspecified atom stereocenters. The number of benzene rings is 2. The second-order valence-electron chi connectivity index (χ2n) is 5.24. The van der Waals surface area contributed by atoms with Crippen molar-refractivity contribution >= 4 is 46.2 Å². The smallest absolute Gasteiger partial charge is 0.374 e. The van der Waals surface area contributed by atoms with E-state index in [1.54, 1.807) is 48.5 Å². The molecular formula is C18H13ClN2O5. The van der Waals surface area contributed by atoms with E-state index in [4.69, 9.17) is 20.8 Å². The van der Waals surface area contributed by atoms with E-state index in [-0.39, 0.29) is 5.76 Å². The van der Waals surface area contributed by atoms with Crippen LogP contribution in [0.25, 0.3) is 11.0 Å². The topological polar surface area (TPSA) is 97.6 Å². The first-order chi connectivity index (χ1) is 12.5. The van der Waals surface area contributed by atoms with E-state index in [2.05, 4.69) is 10.6 Å². The van der Waals surface area contributed by atoms with E-state index >= 15 is 0 Å². The van der Waals surface area contributed by atoms with E-state index in [0.717, 1.165) is 0 Å². The summed E-state index contributed by atoms with van der Waals surface area (Å²) in [6.07, 6.45) is 0. The molecule has 0 atom stereocenters. The number of esters is 1. The fourth-order valence-corrected chi connectivity index (χ4v) is 2.34. The zero-order chi connectivity index (χ0) is 18.5. The number of halogens is 1. The minimum Gasteiger partial charge on any atom is -0.450 e. The number of hydrogen-bond acceptors (Lipinski definition) is 5. The number of para-hydroxylation sites is 1. The Morgan fingerprint density at radius 2 is 1.81 bits per heavy atom. The Labute approximate surface area is 152 Å². The van der Waals surface area contributed by atoms with Crippen LogP contribution in [0.2, 0.25) is 5.02 Å². The van der Waals surface area contributed by atoms with Crippen LogP contribution in [0.1, 0.15) is 10.6 Å². The molecule has 7 nitrogen and oxygen atoms in total. The fraction of sp³-hybridized carbons (Fsp3) is 0.0556. The second-order valence-corrected chi connectivity index (χ2v) is 5.67. The highest BCUT2D eigenvalue weighted by Gasteiger charge is 2.16. The van der Waals surface area contributed by atoms with Crippen molar-refractivity contribution in [2.45, 2.75) is 0 Å². The molecule has 3 aromatic rings. The fourth-order valence-electron chi connectivity index (χ4n) is 2.16. The maximum absolute atomic E-state index is 12.0. The summed E-state index contributed by atoms with van der Waals surface area (Å²) in [5, 5.41) is 5.66. The molecule has 2 aromatic carbocycles. The van der Waals surface area contributed by atoms with Crippen LogP contribution >= 0.6 is 11.6 Å². The maximum atomic E-state index is 12.0. The SMILES string of the molecule is O=C(COC(=O)c1cc2cc(Cl)ccc2o1)NC(=O)Nc1ccccc1. The Morgan fingerprint density at radius 3 is 2.58 bits per heavy atom. The molecule has 2 N–H and O–H groups in total. The standard InChI is InChI=1S/C18H13ClN2O5/c19-12-6-7-14-11(8-12)9-15(26-14)17(23)25-10-16(22)21-18(24)20-13-4-2-1-3-5-13/h1-9H,10H2,(H2,20,21,22,24). The van der Waals surface area contributed by atoms with Crippen LogP contribution in [-0.4, -0.2) is 24.5 Å². The number of fused-ring (bicyclic) bond motifs is 1. The van der Waals surface area contributed by atoms with Crippen LogP contribution in [0.5, 0.6) is 0 Å². The van der Waals surface area contributed by atoms with E-state index in [1.165, 1.54) is 6.07 Å². The highest BCUT2D eigenvalue weighted by Crippen LogP contribution is 2.23. The molecule has 0 saturated carbocycles. The summed E-state index contributed by atoms with van der Waals surface area (Å²) in [7, 11) is 0. The van der Waals surface area contributed by atoms with E-state index in [0.29, 0.717) is 21.7 Å². The summed E-state index contributed by atoms with van der Waals surface area (Å²) in [5.74, 6) is -1.66. The quantitative estimate of drug-likeness (QED) is 0.682. The number of nitrogens with one attached hydrogen (secondary N) is 2. The minimum absolute atomic E-state index is 0.0659. The van der Waals surface area contributed by atoms with Crippen LogP contribution < -0.4 is 10.6 Å². The van der Waals surface area contributed by atoms with Gasteiger partial charge in [0.05, 0.1) is 0 Å². The molecule has 3 amide bonds. The van der Waals surface area contributed by atoms with Gasteiger partial charge in [-0.25, -0.2) is 9.59 Å². The normalized spacial score (nSPS) is 10.3. The number of ether oxygens (including phenoxy) is 1. The van der Waals surface area contributed by atoms with Crippen molar-refractivity contribution in [2.75, 3.05) is 11.9 Å². The predicted octanol–water partition coefficient (Wildman–Crippen LogP) is 3.59. The van der Waals surface area contributed by atoms with Crippen LogP contribution in [0, 0.1) is 0 Å². The van der Waals surface area contributed by atoms with E-state index < -0.39 is 24.5 Å². The molecule has 132 valence electrons. The Morgan fingerprint density at radius 1 is 1.04 bits per heavy atom. The molecule has 0 saturated heterocycles. The van der Waals surface area contributed by atoms with Gasteiger partial charge in [0.2, 0.25) is 5.76 Å². The van der Waals surface area contributed by atoms with Crippen LogP contribution in [-0.2, 0) is 9.53 Å². The van der Waals surface area contributed by atoms with Crippen LogP contribution in [0.4, 0.5) is 10.5 Å². The lowest BCUT2D eigenvalue weighted by atomic mass is 10.2. The molecule has 0 aliphatic heterocycles. The second kappa shape index (κ2) is 7.71. The Kier molecular flexibility index (Phi) is 5.19. The van der Waals surface area contributed by atoms with Crippen molar-refractivity contribution in [2.24, 2.45) is 0 Å². The number of carbonyl (C=O) groups is 3. The lowest BCUT2D eigenvalue weighted by Gasteiger charge is -2.06. The van der Waals surface area contributed by atoms with Gasteiger partial charge in [0.1, 0.15) is 5.58 Å². The number of urea groups is 1. The van der Waals surface area contributed by atoms with Gasteiger partial charge in [0, 0.05) is 16.1 Å². The Bertz CT molecular complexity index is 968. The summed E-state index contributed by atoms with van der Waals surface area (Å²) in [6, 6.07) is 14.2. The molecular weight excluding hydrogens is 360 g/mol. The molecule has 1 heterocycles. The Hall–Kier alpha value is -3.32. The molecule has 26 heavy (non-hydrogen) atoms. The van der Waals surface area contributed by atoms with Gasteiger partial charge in [-0.15, -0.1) is 0 Å². The van der Waals surface area contributed by atoms with Crippen molar-refractivity contribution in [3.05, 3.63) is 65.4 Å². The average molecular weight is 373 g/mol. The zero-order valence-corrected chi connectivity index (χ0v) is 14.1. The summed E-state index contributed by atoms with van der Waals surface area (Å²) >= 11 is 5.87. The lowest BCUT2D eigenvalue weighted by Crippen LogP contribution is -2.37. The number of imide groups is 1. The summed E-state index contributed by atoms with van der Waals surface area (Å²) < 4.78 is 10.2. The molecule has 0 spiro atoms. The van der Waals surface area contributed by atoms with Crippen molar-refractivity contribution in [1.82, 2.24) is 5.32 Å². The van der Waals surface area contributed by atoms with Gasteiger partial charge in [-0.3, -0.25) is 10.1 Å². The van der Waals surface area contributed by atoms with Crippen LogP contribution in [0.15, 0.2) is 59.0 Å². The van der Waals surface area contributed by atoms with Gasteiger partial charge in [0.25, 0.3) is 5.91 Å². The summed E-state index contributed by atoms with van der Waals surface area (Å²) in [4.78, 5) is 35.3. The monoisotopic (exact) mass is 372 g/mol. The number of amides is 3. The van der Waals surface area contributed by atoms with Gasteiger partial charge < -0.3 is 14.5 Å². The minimum atomic E-state index is -0.823. The first-order valence-electron chi connectivity index (χ1n) is 7.53. The molecule has 3 rings (SSSR count). The number of anilines is 1. The number of furan rings is 1. The molecule has 0 bridgehead atoms. The average Bonchev–Trinajstić information content (AvgIpc) is 3.03. The molecule has 0 aliphatic rings. The van der Waals surface area contributed by atoms with Crippen molar-refractivity contribution < 1.29 is 23.5 Å². The molecule has 8 heteroatoms. The number of rotatable bonds is 4. The Balaban J connectivity index is 1.51. The third-order valence-corrected chi connectivity index (χ3v) is 3.53. The maximum Gasteiger partial charge on any atom is 0.374 e. The third-order valence-electron chi connectivity index (χ3n) is 3.30. The number of hydrogen-bond donors (Lipinski definition) is 2. The summed E-state index contributed by atoms with van der Waals surface area (Å²) in [6.45, 7) is -0.626. The molecule has 0 aliphatic carbocycles. The van der Waals surface area contributed by atoms with Crippen molar-refractivity contribution in [3.8, 4) is 0 Å². The van der Waals surface area contributed by atoms with Gasteiger partial charge in [-0.2, -0.15) is 0 Å². The van der Waals surface area contributed by atoms with Crippen molar-refractivity contribution in [1.29, 1.82) is 0 Å². The molecule has 0 fully saturated rings. The first-order valence-corrected chi connectivity index (χ1v) is 7.91. The van der Waals surface area contributed by atoms with E-state index in [9.17, 15) is 14.4 Å². The van der Waals surface area contributed by atoms with Gasteiger partial charge in [-0.1, -0.05) is 29.8 Å². The molecule has 1 aromatic heterocycles. The van der Waals surface area contributed by atoms with Gasteiger partial charge >= 0.3 is 12.0 Å².